The quantitative estimate of drug-likeness (QED) is 0.640. The molecule has 0 aromatic carbocycles. The molecular weight excluding hydrogens is 204 g/mol. The first-order valence-corrected chi connectivity index (χ1v) is 5.93. The molecule has 16 heavy (non-hydrogen) atoms. The van der Waals surface area contributed by atoms with E-state index in [1.54, 1.807) is 6.08 Å². The SMILES string of the molecule is CC(=O)O[C@H]1CCCC2=CC(=O)CC[C@]21C. The van der Waals surface area contributed by atoms with E-state index in [0.717, 1.165) is 25.7 Å². The molecule has 2 aliphatic carbocycles. The van der Waals surface area contributed by atoms with E-state index in [1.807, 2.05) is 0 Å². The molecule has 0 aromatic rings. The fourth-order valence-corrected chi connectivity index (χ4v) is 2.89. The van der Waals surface area contributed by atoms with E-state index in [2.05, 4.69) is 6.92 Å². The molecule has 0 N–H and O–H groups in total. The largest absolute Gasteiger partial charge is 0.462 e. The number of allylic oxidation sites excluding steroid dienone is 1. The van der Waals surface area contributed by atoms with E-state index in [4.69, 9.17) is 4.74 Å². The van der Waals surface area contributed by atoms with Gasteiger partial charge in [0, 0.05) is 18.8 Å². The Bertz CT molecular complexity index is 356. The topological polar surface area (TPSA) is 43.4 Å². The molecule has 3 nitrogen and oxygen atoms in total. The molecule has 1 fully saturated rings. The zero-order chi connectivity index (χ0) is 11.8. The minimum Gasteiger partial charge on any atom is -0.462 e. The molecule has 0 aromatic heterocycles. The Balaban J connectivity index is 2.26. The van der Waals surface area contributed by atoms with E-state index in [9.17, 15) is 9.59 Å². The highest BCUT2D eigenvalue weighted by molar-refractivity contribution is 5.91. The van der Waals surface area contributed by atoms with Crippen molar-refractivity contribution in [1.29, 1.82) is 0 Å². The molecule has 0 saturated heterocycles. The molecule has 0 radical (unpaired) electrons. The van der Waals surface area contributed by atoms with Crippen molar-refractivity contribution in [3.05, 3.63) is 11.6 Å². The molecule has 0 heterocycles. The number of carbonyl (C=O) groups is 2. The summed E-state index contributed by atoms with van der Waals surface area (Å²) >= 11 is 0. The lowest BCUT2D eigenvalue weighted by Crippen LogP contribution is -2.42. The minimum absolute atomic E-state index is 0.0434. The Morgan fingerprint density at radius 2 is 2.25 bits per heavy atom. The highest BCUT2D eigenvalue weighted by Gasteiger charge is 2.44. The van der Waals surface area contributed by atoms with E-state index in [-0.39, 0.29) is 23.3 Å². The van der Waals surface area contributed by atoms with Gasteiger partial charge in [0.15, 0.2) is 5.78 Å². The Kier molecular flexibility index (Phi) is 2.87. The second kappa shape index (κ2) is 4.04. The zero-order valence-corrected chi connectivity index (χ0v) is 9.91. The number of carbonyl (C=O) groups excluding carboxylic acids is 2. The summed E-state index contributed by atoms with van der Waals surface area (Å²) in [5.41, 5.74) is 1.08. The van der Waals surface area contributed by atoms with Crippen molar-refractivity contribution >= 4 is 11.8 Å². The van der Waals surface area contributed by atoms with Crippen LogP contribution in [0.15, 0.2) is 11.6 Å². The van der Waals surface area contributed by atoms with Gasteiger partial charge in [0.05, 0.1) is 0 Å². The van der Waals surface area contributed by atoms with Gasteiger partial charge in [0.25, 0.3) is 0 Å². The fourth-order valence-electron chi connectivity index (χ4n) is 2.89. The lowest BCUT2D eigenvalue weighted by Gasteiger charge is -2.44. The van der Waals surface area contributed by atoms with Gasteiger partial charge in [0.2, 0.25) is 0 Å². The molecule has 1 saturated carbocycles. The Hall–Kier alpha value is -1.12. The molecule has 0 aliphatic heterocycles. The first-order valence-electron chi connectivity index (χ1n) is 5.93. The van der Waals surface area contributed by atoms with Crippen molar-refractivity contribution in [2.45, 2.75) is 52.1 Å². The van der Waals surface area contributed by atoms with Gasteiger partial charge in [-0.25, -0.2) is 0 Å². The van der Waals surface area contributed by atoms with Crippen LogP contribution in [0.25, 0.3) is 0 Å². The summed E-state index contributed by atoms with van der Waals surface area (Å²) in [7, 11) is 0. The van der Waals surface area contributed by atoms with Crippen molar-refractivity contribution in [2.75, 3.05) is 0 Å². The highest BCUT2D eigenvalue weighted by Crippen LogP contribution is 2.47. The first kappa shape index (κ1) is 11.4. The Morgan fingerprint density at radius 1 is 1.50 bits per heavy atom. The van der Waals surface area contributed by atoms with Crippen molar-refractivity contribution in [3.63, 3.8) is 0 Å². The molecule has 2 atom stereocenters. The maximum absolute atomic E-state index is 11.4. The number of rotatable bonds is 1. The molecule has 3 heteroatoms. The van der Waals surface area contributed by atoms with Crippen LogP contribution in [-0.2, 0) is 14.3 Å². The summed E-state index contributed by atoms with van der Waals surface area (Å²) < 4.78 is 5.41. The first-order chi connectivity index (χ1) is 7.52. The average Bonchev–Trinajstić information content (AvgIpc) is 2.20. The molecule has 0 bridgehead atoms. The summed E-state index contributed by atoms with van der Waals surface area (Å²) in [5.74, 6) is 0.000301. The molecule has 2 aliphatic rings. The van der Waals surface area contributed by atoms with Gasteiger partial charge >= 0.3 is 5.97 Å². The molecule has 0 unspecified atom stereocenters. The predicted molar refractivity (Wildman–Crippen MR) is 59.8 cm³/mol. The van der Waals surface area contributed by atoms with Crippen LogP contribution in [0.2, 0.25) is 0 Å². The Morgan fingerprint density at radius 3 is 2.94 bits per heavy atom. The van der Waals surface area contributed by atoms with Crippen LogP contribution in [0.1, 0.15) is 46.0 Å². The number of ether oxygens (including phenoxy) is 1. The Labute approximate surface area is 95.9 Å². The fraction of sp³-hybridized carbons (Fsp3) is 0.692. The summed E-state index contributed by atoms with van der Waals surface area (Å²) in [6.45, 7) is 3.58. The van der Waals surface area contributed by atoms with Crippen LogP contribution in [0.3, 0.4) is 0 Å². The second-order valence-electron chi connectivity index (χ2n) is 5.04. The summed E-state index contributed by atoms with van der Waals surface area (Å²) in [6, 6.07) is 0. The van der Waals surface area contributed by atoms with Gasteiger partial charge in [-0.2, -0.15) is 0 Å². The predicted octanol–water partition coefficient (Wildman–Crippen LogP) is 2.40. The van der Waals surface area contributed by atoms with Crippen LogP contribution in [-0.4, -0.2) is 17.9 Å². The zero-order valence-electron chi connectivity index (χ0n) is 9.91. The average molecular weight is 222 g/mol. The summed E-state index contributed by atoms with van der Waals surface area (Å²) in [6.07, 6.45) is 6.03. The van der Waals surface area contributed by atoms with E-state index < -0.39 is 0 Å². The summed E-state index contributed by atoms with van der Waals surface area (Å²) in [4.78, 5) is 22.5. The van der Waals surface area contributed by atoms with Crippen molar-refractivity contribution < 1.29 is 14.3 Å². The van der Waals surface area contributed by atoms with Gasteiger partial charge in [-0.15, -0.1) is 0 Å². The van der Waals surface area contributed by atoms with Crippen LogP contribution in [0.5, 0.6) is 0 Å². The van der Waals surface area contributed by atoms with Crippen LogP contribution < -0.4 is 0 Å². The second-order valence-corrected chi connectivity index (χ2v) is 5.04. The van der Waals surface area contributed by atoms with Crippen molar-refractivity contribution in [3.8, 4) is 0 Å². The lowest BCUT2D eigenvalue weighted by molar-refractivity contribution is -0.154. The number of esters is 1. The number of hydrogen-bond acceptors (Lipinski definition) is 3. The third kappa shape index (κ3) is 1.91. The van der Waals surface area contributed by atoms with Crippen molar-refractivity contribution in [1.82, 2.24) is 0 Å². The van der Waals surface area contributed by atoms with Gasteiger partial charge < -0.3 is 4.74 Å². The standard InChI is InChI=1S/C13H18O3/c1-9(14)16-12-5-3-4-10-8-11(15)6-7-13(10,12)2/h8,12H,3-7H2,1-2H3/t12-,13+/m0/s1. The van der Waals surface area contributed by atoms with E-state index >= 15 is 0 Å². The third-order valence-electron chi connectivity index (χ3n) is 3.89. The number of ketones is 1. The van der Waals surface area contributed by atoms with Crippen LogP contribution >= 0.6 is 0 Å². The van der Waals surface area contributed by atoms with Crippen molar-refractivity contribution in [2.24, 2.45) is 5.41 Å². The van der Waals surface area contributed by atoms with E-state index in [1.165, 1.54) is 12.5 Å². The molecular formula is C13H18O3. The minimum atomic E-state index is -0.218. The normalized spacial score (nSPS) is 34.0. The lowest BCUT2D eigenvalue weighted by atomic mass is 9.64. The van der Waals surface area contributed by atoms with Crippen LogP contribution in [0, 0.1) is 5.41 Å². The third-order valence-corrected chi connectivity index (χ3v) is 3.89. The smallest absolute Gasteiger partial charge is 0.302 e. The molecule has 88 valence electrons. The van der Waals surface area contributed by atoms with Gasteiger partial charge in [0.1, 0.15) is 6.10 Å². The van der Waals surface area contributed by atoms with Gasteiger partial charge in [-0.3, -0.25) is 9.59 Å². The highest BCUT2D eigenvalue weighted by atomic mass is 16.5. The van der Waals surface area contributed by atoms with Gasteiger partial charge in [-0.1, -0.05) is 12.5 Å². The van der Waals surface area contributed by atoms with Gasteiger partial charge in [-0.05, 0) is 31.8 Å². The maximum atomic E-state index is 11.4. The number of fused-ring (bicyclic) bond motifs is 1. The summed E-state index contributed by atoms with van der Waals surface area (Å²) in [5, 5.41) is 0. The molecule has 0 amide bonds. The number of hydrogen-bond donors (Lipinski definition) is 0. The van der Waals surface area contributed by atoms with Crippen LogP contribution in [0.4, 0.5) is 0 Å². The maximum Gasteiger partial charge on any atom is 0.302 e. The van der Waals surface area contributed by atoms with E-state index in [0.29, 0.717) is 6.42 Å². The monoisotopic (exact) mass is 222 g/mol. The molecule has 2 rings (SSSR count). The molecule has 0 spiro atoms.